The number of para-hydroxylation sites is 1. The van der Waals surface area contributed by atoms with Crippen molar-refractivity contribution in [2.24, 2.45) is 5.84 Å². The molecule has 94 valence electrons. The lowest BCUT2D eigenvalue weighted by atomic mass is 10.2. The van der Waals surface area contributed by atoms with Crippen LogP contribution in [0.1, 0.15) is 5.56 Å². The largest absolute Gasteiger partial charge is 0.496 e. The smallest absolute Gasteiger partial charge is 0.140 e. The van der Waals surface area contributed by atoms with E-state index in [0.717, 1.165) is 17.0 Å². The van der Waals surface area contributed by atoms with Gasteiger partial charge in [0.25, 0.3) is 0 Å². The first kappa shape index (κ1) is 12.2. The van der Waals surface area contributed by atoms with Crippen LogP contribution in [0.4, 0.5) is 11.5 Å². The van der Waals surface area contributed by atoms with Crippen LogP contribution in [0.25, 0.3) is 0 Å². The van der Waals surface area contributed by atoms with E-state index in [-0.39, 0.29) is 0 Å². The number of nitrogen functional groups attached to an aromatic ring is 1. The lowest BCUT2D eigenvalue weighted by Gasteiger charge is -2.10. The number of nitrogens with two attached hydrogens (primary N) is 1. The maximum absolute atomic E-state index is 5.29. The molecule has 0 aliphatic heterocycles. The van der Waals surface area contributed by atoms with E-state index in [1.807, 2.05) is 36.4 Å². The minimum atomic E-state index is 0.637. The summed E-state index contributed by atoms with van der Waals surface area (Å²) in [4.78, 5) is 4.12. The number of nitrogens with one attached hydrogen (secondary N) is 2. The molecule has 2 aromatic rings. The highest BCUT2D eigenvalue weighted by atomic mass is 16.5. The normalized spacial score (nSPS) is 9.89. The predicted octanol–water partition coefficient (Wildman–Crippen LogP) is 1.99. The number of benzene rings is 1. The highest BCUT2D eigenvalue weighted by Crippen LogP contribution is 2.18. The SMILES string of the molecule is COc1ccccc1CNc1ccc(NN)nc1. The summed E-state index contributed by atoms with van der Waals surface area (Å²) in [7, 11) is 1.67. The Morgan fingerprint density at radius 2 is 2.06 bits per heavy atom. The molecule has 0 radical (unpaired) electrons. The fourth-order valence-corrected chi connectivity index (χ4v) is 1.63. The van der Waals surface area contributed by atoms with Gasteiger partial charge >= 0.3 is 0 Å². The van der Waals surface area contributed by atoms with E-state index in [1.165, 1.54) is 0 Å². The third-order valence-corrected chi connectivity index (χ3v) is 2.59. The van der Waals surface area contributed by atoms with Crippen LogP contribution < -0.4 is 21.3 Å². The molecule has 0 saturated heterocycles. The van der Waals surface area contributed by atoms with Crippen molar-refractivity contribution in [1.82, 2.24) is 4.98 Å². The van der Waals surface area contributed by atoms with Gasteiger partial charge in [0.2, 0.25) is 0 Å². The van der Waals surface area contributed by atoms with Gasteiger partial charge in [-0.1, -0.05) is 18.2 Å². The number of pyridine rings is 1. The second kappa shape index (κ2) is 5.88. The standard InChI is InChI=1S/C13H16N4O/c1-18-12-5-3-2-4-10(12)8-15-11-6-7-13(17-14)16-9-11/h2-7,9,15H,8,14H2,1H3,(H,16,17). The van der Waals surface area contributed by atoms with Gasteiger partial charge in [0, 0.05) is 12.1 Å². The third-order valence-electron chi connectivity index (χ3n) is 2.59. The number of methoxy groups -OCH3 is 1. The van der Waals surface area contributed by atoms with Gasteiger partial charge in [-0.2, -0.15) is 0 Å². The Bertz CT molecular complexity index is 499. The first-order valence-corrected chi connectivity index (χ1v) is 5.62. The molecule has 18 heavy (non-hydrogen) atoms. The zero-order valence-corrected chi connectivity index (χ0v) is 10.2. The molecule has 0 saturated carbocycles. The minimum absolute atomic E-state index is 0.637. The highest BCUT2D eigenvalue weighted by Gasteiger charge is 2.01. The minimum Gasteiger partial charge on any atom is -0.496 e. The zero-order valence-electron chi connectivity index (χ0n) is 10.2. The van der Waals surface area contributed by atoms with E-state index in [4.69, 9.17) is 10.6 Å². The second-order valence-corrected chi connectivity index (χ2v) is 3.74. The fourth-order valence-electron chi connectivity index (χ4n) is 1.63. The Hall–Kier alpha value is -2.27. The number of ether oxygens (including phenoxy) is 1. The summed E-state index contributed by atoms with van der Waals surface area (Å²) in [6.07, 6.45) is 1.73. The van der Waals surface area contributed by atoms with Crippen molar-refractivity contribution in [2.75, 3.05) is 17.9 Å². The summed E-state index contributed by atoms with van der Waals surface area (Å²) in [5.74, 6) is 6.76. The van der Waals surface area contributed by atoms with E-state index < -0.39 is 0 Å². The number of hydrogen-bond acceptors (Lipinski definition) is 5. The average Bonchev–Trinajstić information content (AvgIpc) is 2.46. The summed E-state index contributed by atoms with van der Waals surface area (Å²) in [6.45, 7) is 0.682. The molecule has 0 aliphatic rings. The van der Waals surface area contributed by atoms with Crippen LogP contribution in [0.15, 0.2) is 42.6 Å². The number of nitrogens with zero attached hydrogens (tertiary/aromatic N) is 1. The van der Waals surface area contributed by atoms with Crippen LogP contribution in [0, 0.1) is 0 Å². The van der Waals surface area contributed by atoms with E-state index >= 15 is 0 Å². The van der Waals surface area contributed by atoms with Crippen LogP contribution in [0.5, 0.6) is 5.75 Å². The van der Waals surface area contributed by atoms with Gasteiger partial charge in [-0.05, 0) is 18.2 Å². The molecule has 0 fully saturated rings. The van der Waals surface area contributed by atoms with Crippen molar-refractivity contribution >= 4 is 11.5 Å². The molecule has 0 aliphatic carbocycles. The van der Waals surface area contributed by atoms with Crippen molar-refractivity contribution in [3.63, 3.8) is 0 Å². The quantitative estimate of drug-likeness (QED) is 0.554. The maximum Gasteiger partial charge on any atom is 0.140 e. The Kier molecular flexibility index (Phi) is 3.98. The van der Waals surface area contributed by atoms with Crippen LogP contribution in [0.2, 0.25) is 0 Å². The van der Waals surface area contributed by atoms with Crippen LogP contribution in [0.3, 0.4) is 0 Å². The molecule has 1 aromatic heterocycles. The topological polar surface area (TPSA) is 72.2 Å². The van der Waals surface area contributed by atoms with E-state index in [9.17, 15) is 0 Å². The molecule has 1 heterocycles. The Morgan fingerprint density at radius 3 is 2.72 bits per heavy atom. The molecule has 4 N–H and O–H groups in total. The van der Waals surface area contributed by atoms with E-state index in [2.05, 4.69) is 15.7 Å². The molecule has 1 aromatic carbocycles. The molecule has 0 amide bonds. The molecule has 5 nitrogen and oxygen atoms in total. The summed E-state index contributed by atoms with van der Waals surface area (Å²) in [5, 5.41) is 3.28. The van der Waals surface area contributed by atoms with Crippen molar-refractivity contribution in [2.45, 2.75) is 6.54 Å². The van der Waals surface area contributed by atoms with Crippen molar-refractivity contribution in [3.8, 4) is 5.75 Å². The van der Waals surface area contributed by atoms with Gasteiger partial charge in [0.1, 0.15) is 11.6 Å². The second-order valence-electron chi connectivity index (χ2n) is 3.74. The van der Waals surface area contributed by atoms with Gasteiger partial charge < -0.3 is 15.5 Å². The van der Waals surface area contributed by atoms with Gasteiger partial charge in [0.05, 0.1) is 19.0 Å². The van der Waals surface area contributed by atoms with E-state index in [1.54, 1.807) is 13.3 Å². The maximum atomic E-state index is 5.29. The molecular weight excluding hydrogens is 228 g/mol. The van der Waals surface area contributed by atoms with E-state index in [0.29, 0.717) is 12.4 Å². The summed E-state index contributed by atoms with van der Waals surface area (Å²) >= 11 is 0. The van der Waals surface area contributed by atoms with Gasteiger partial charge in [-0.3, -0.25) is 0 Å². The summed E-state index contributed by atoms with van der Waals surface area (Å²) in [5.41, 5.74) is 4.52. The monoisotopic (exact) mass is 244 g/mol. The summed E-state index contributed by atoms with van der Waals surface area (Å²) in [6, 6.07) is 11.6. The molecule has 0 unspecified atom stereocenters. The van der Waals surface area contributed by atoms with Gasteiger partial charge in [0.15, 0.2) is 0 Å². The zero-order chi connectivity index (χ0) is 12.8. The van der Waals surface area contributed by atoms with Crippen LogP contribution in [-0.2, 0) is 6.54 Å². The number of aromatic nitrogens is 1. The molecule has 0 spiro atoms. The highest BCUT2D eigenvalue weighted by molar-refractivity contribution is 5.48. The predicted molar refractivity (Wildman–Crippen MR) is 72.4 cm³/mol. The molecule has 0 atom stereocenters. The number of rotatable bonds is 5. The van der Waals surface area contributed by atoms with Crippen LogP contribution in [-0.4, -0.2) is 12.1 Å². The van der Waals surface area contributed by atoms with Crippen molar-refractivity contribution < 1.29 is 4.74 Å². The lowest BCUT2D eigenvalue weighted by molar-refractivity contribution is 0.410. The van der Waals surface area contributed by atoms with Gasteiger partial charge in [-0.25, -0.2) is 10.8 Å². The third kappa shape index (κ3) is 2.89. The first-order chi connectivity index (χ1) is 8.83. The van der Waals surface area contributed by atoms with Crippen LogP contribution >= 0.6 is 0 Å². The number of hydrazine groups is 1. The number of anilines is 2. The Labute approximate surface area is 106 Å². The first-order valence-electron chi connectivity index (χ1n) is 5.62. The molecule has 5 heteroatoms. The van der Waals surface area contributed by atoms with Gasteiger partial charge in [-0.15, -0.1) is 0 Å². The molecule has 2 rings (SSSR count). The Balaban J connectivity index is 2.02. The fraction of sp³-hybridized carbons (Fsp3) is 0.154. The van der Waals surface area contributed by atoms with Crippen molar-refractivity contribution in [3.05, 3.63) is 48.2 Å². The molecule has 0 bridgehead atoms. The average molecular weight is 244 g/mol. The lowest BCUT2D eigenvalue weighted by Crippen LogP contribution is -2.08. The van der Waals surface area contributed by atoms with Crippen molar-refractivity contribution in [1.29, 1.82) is 0 Å². The Morgan fingerprint density at radius 1 is 1.22 bits per heavy atom. The summed E-state index contributed by atoms with van der Waals surface area (Å²) < 4.78 is 5.29. The number of hydrogen-bond donors (Lipinski definition) is 3. The molecular formula is C13H16N4O.